The minimum Gasteiger partial charge on any atom is -0.497 e. The van der Waals surface area contributed by atoms with E-state index in [2.05, 4.69) is 5.32 Å². The first-order valence-electron chi connectivity index (χ1n) is 12.4. The molecule has 1 unspecified atom stereocenters. The molecule has 0 spiro atoms. The number of carbonyl (C=O) groups is 2. The van der Waals surface area contributed by atoms with Crippen LogP contribution >= 0.6 is 0 Å². The van der Waals surface area contributed by atoms with Gasteiger partial charge in [-0.05, 0) is 61.2 Å². The monoisotopic (exact) mass is 533 g/mol. The van der Waals surface area contributed by atoms with Crippen molar-refractivity contribution in [3.63, 3.8) is 0 Å². The molecule has 0 aliphatic carbocycles. The molecule has 0 bridgehead atoms. The Hall–Kier alpha value is -3.27. The molecule has 10 heteroatoms. The van der Waals surface area contributed by atoms with Crippen LogP contribution in [0.1, 0.15) is 39.7 Å². The van der Waals surface area contributed by atoms with E-state index >= 15 is 0 Å². The van der Waals surface area contributed by atoms with Gasteiger partial charge in [0, 0.05) is 13.1 Å². The zero-order valence-electron chi connectivity index (χ0n) is 22.6. The molecule has 2 rings (SSSR count). The van der Waals surface area contributed by atoms with Gasteiger partial charge >= 0.3 is 0 Å². The lowest BCUT2D eigenvalue weighted by atomic mass is 10.1. The summed E-state index contributed by atoms with van der Waals surface area (Å²) in [5, 5.41) is 2.91. The van der Waals surface area contributed by atoms with Gasteiger partial charge in [-0.25, -0.2) is 8.42 Å². The van der Waals surface area contributed by atoms with Crippen LogP contribution in [-0.2, 0) is 26.2 Å². The maximum Gasteiger partial charge on any atom is 0.244 e. The fourth-order valence-electron chi connectivity index (χ4n) is 3.80. The van der Waals surface area contributed by atoms with Crippen LogP contribution in [-0.4, -0.2) is 64.2 Å². The van der Waals surface area contributed by atoms with Crippen LogP contribution in [0.3, 0.4) is 0 Å². The molecule has 0 saturated carbocycles. The Labute approximate surface area is 220 Å². The molecule has 0 aromatic heterocycles. The van der Waals surface area contributed by atoms with E-state index in [-0.39, 0.29) is 18.4 Å². The number of nitrogens with one attached hydrogen (secondary N) is 1. The summed E-state index contributed by atoms with van der Waals surface area (Å²) in [5.41, 5.74) is 1.09. The number of amides is 2. The lowest BCUT2D eigenvalue weighted by Crippen LogP contribution is -2.52. The molecule has 0 aliphatic heterocycles. The van der Waals surface area contributed by atoms with Crippen molar-refractivity contribution in [3.8, 4) is 11.5 Å². The van der Waals surface area contributed by atoms with E-state index < -0.39 is 28.5 Å². The minimum atomic E-state index is -3.80. The molecule has 2 aromatic carbocycles. The number of anilines is 1. The van der Waals surface area contributed by atoms with Gasteiger partial charge in [0.05, 0.1) is 25.7 Å². The van der Waals surface area contributed by atoms with Gasteiger partial charge in [-0.3, -0.25) is 13.9 Å². The van der Waals surface area contributed by atoms with Gasteiger partial charge < -0.3 is 19.7 Å². The molecular weight excluding hydrogens is 494 g/mol. The predicted octanol–water partition coefficient (Wildman–Crippen LogP) is 3.44. The van der Waals surface area contributed by atoms with E-state index in [4.69, 9.17) is 9.47 Å². The topological polar surface area (TPSA) is 105 Å². The highest BCUT2D eigenvalue weighted by atomic mass is 32.2. The van der Waals surface area contributed by atoms with Crippen molar-refractivity contribution in [2.45, 2.75) is 46.7 Å². The predicted molar refractivity (Wildman–Crippen MR) is 145 cm³/mol. The highest BCUT2D eigenvalue weighted by Crippen LogP contribution is 2.23. The Bertz CT molecular complexity index is 1140. The normalized spacial score (nSPS) is 12.1. The van der Waals surface area contributed by atoms with Crippen molar-refractivity contribution < 1.29 is 27.5 Å². The summed E-state index contributed by atoms with van der Waals surface area (Å²) in [4.78, 5) is 28.3. The zero-order chi connectivity index (χ0) is 27.6. The first kappa shape index (κ1) is 30.0. The van der Waals surface area contributed by atoms with E-state index in [1.807, 2.05) is 33.8 Å². The second-order valence-electron chi connectivity index (χ2n) is 9.13. The molecule has 204 valence electrons. The Kier molecular flexibility index (Phi) is 11.2. The first-order chi connectivity index (χ1) is 17.5. The third-order valence-electron chi connectivity index (χ3n) is 5.67. The van der Waals surface area contributed by atoms with Crippen LogP contribution in [0.2, 0.25) is 0 Å². The quantitative estimate of drug-likeness (QED) is 0.399. The maximum absolute atomic E-state index is 13.7. The van der Waals surface area contributed by atoms with Crippen molar-refractivity contribution in [1.29, 1.82) is 0 Å². The SMILES string of the molecule is CCOc1ccc(N(CC(=O)N(Cc2cccc(OC)c2)C(CC)C(=O)NCC(C)C)S(C)(=O)=O)cc1. The lowest BCUT2D eigenvalue weighted by Gasteiger charge is -2.33. The lowest BCUT2D eigenvalue weighted by molar-refractivity contribution is -0.140. The van der Waals surface area contributed by atoms with E-state index in [0.29, 0.717) is 36.8 Å². The number of rotatable bonds is 14. The van der Waals surface area contributed by atoms with E-state index in [1.54, 1.807) is 49.6 Å². The smallest absolute Gasteiger partial charge is 0.244 e. The molecule has 0 fully saturated rings. The molecule has 0 aliphatic rings. The molecule has 37 heavy (non-hydrogen) atoms. The fraction of sp³-hybridized carbons (Fsp3) is 0.481. The molecule has 1 N–H and O–H groups in total. The van der Waals surface area contributed by atoms with Crippen molar-refractivity contribution >= 4 is 27.5 Å². The number of nitrogens with zero attached hydrogens (tertiary/aromatic N) is 2. The molecular formula is C27H39N3O6S. The van der Waals surface area contributed by atoms with E-state index in [0.717, 1.165) is 16.1 Å². The summed E-state index contributed by atoms with van der Waals surface area (Å²) in [5.74, 6) is 0.686. The van der Waals surface area contributed by atoms with Crippen LogP contribution in [0.15, 0.2) is 48.5 Å². The largest absolute Gasteiger partial charge is 0.497 e. The minimum absolute atomic E-state index is 0.116. The third kappa shape index (κ3) is 8.96. The van der Waals surface area contributed by atoms with Gasteiger partial charge in [-0.15, -0.1) is 0 Å². The van der Waals surface area contributed by atoms with E-state index in [1.165, 1.54) is 4.90 Å². The average Bonchev–Trinajstić information content (AvgIpc) is 2.86. The number of hydrogen-bond donors (Lipinski definition) is 1. The Balaban J connectivity index is 2.42. The number of sulfonamides is 1. The Morgan fingerprint density at radius 1 is 1.03 bits per heavy atom. The van der Waals surface area contributed by atoms with Crippen molar-refractivity contribution in [1.82, 2.24) is 10.2 Å². The number of carbonyl (C=O) groups excluding carboxylic acids is 2. The molecule has 0 heterocycles. The Morgan fingerprint density at radius 3 is 2.24 bits per heavy atom. The molecule has 9 nitrogen and oxygen atoms in total. The zero-order valence-corrected chi connectivity index (χ0v) is 23.4. The van der Waals surface area contributed by atoms with Crippen LogP contribution in [0.25, 0.3) is 0 Å². The fourth-order valence-corrected chi connectivity index (χ4v) is 4.65. The van der Waals surface area contributed by atoms with Gasteiger partial charge in [-0.1, -0.05) is 32.9 Å². The molecule has 2 amide bonds. The van der Waals surface area contributed by atoms with Gasteiger partial charge in [0.25, 0.3) is 0 Å². The average molecular weight is 534 g/mol. The van der Waals surface area contributed by atoms with Gasteiger partial charge in [0.2, 0.25) is 21.8 Å². The summed E-state index contributed by atoms with van der Waals surface area (Å²) < 4.78 is 37.2. The second kappa shape index (κ2) is 13.9. The summed E-state index contributed by atoms with van der Waals surface area (Å²) in [7, 11) is -2.25. The number of ether oxygens (including phenoxy) is 2. The molecule has 0 saturated heterocycles. The summed E-state index contributed by atoms with van der Waals surface area (Å²) >= 11 is 0. The number of hydrogen-bond acceptors (Lipinski definition) is 6. The number of benzene rings is 2. The standard InChI is InChI=1S/C27H39N3O6S/c1-7-25(27(32)28-17-20(3)4)29(18-21-10-9-11-24(16-21)35-5)26(31)19-30(37(6,33)34)22-12-14-23(15-13-22)36-8-2/h9-16,20,25H,7-8,17-19H2,1-6H3,(H,28,32). The molecule has 0 radical (unpaired) electrons. The molecule has 1 atom stereocenters. The van der Waals surface area contributed by atoms with Gasteiger partial charge in [-0.2, -0.15) is 0 Å². The molecule has 2 aromatic rings. The second-order valence-corrected chi connectivity index (χ2v) is 11.0. The van der Waals surface area contributed by atoms with Crippen molar-refractivity contribution in [2.24, 2.45) is 5.92 Å². The third-order valence-corrected chi connectivity index (χ3v) is 6.81. The summed E-state index contributed by atoms with van der Waals surface area (Å²) in [6, 6.07) is 12.9. The van der Waals surface area contributed by atoms with Crippen LogP contribution in [0.4, 0.5) is 5.69 Å². The number of methoxy groups -OCH3 is 1. The highest BCUT2D eigenvalue weighted by molar-refractivity contribution is 7.92. The van der Waals surface area contributed by atoms with Crippen LogP contribution in [0.5, 0.6) is 11.5 Å². The maximum atomic E-state index is 13.7. The van der Waals surface area contributed by atoms with E-state index in [9.17, 15) is 18.0 Å². The van der Waals surface area contributed by atoms with Crippen molar-refractivity contribution in [2.75, 3.05) is 37.4 Å². The first-order valence-corrected chi connectivity index (χ1v) is 14.3. The summed E-state index contributed by atoms with van der Waals surface area (Å²) in [6.45, 7) is 8.26. The van der Waals surface area contributed by atoms with Crippen molar-refractivity contribution in [3.05, 3.63) is 54.1 Å². The van der Waals surface area contributed by atoms with Gasteiger partial charge in [0.15, 0.2) is 0 Å². The van der Waals surface area contributed by atoms with Crippen LogP contribution in [0, 0.1) is 5.92 Å². The highest BCUT2D eigenvalue weighted by Gasteiger charge is 2.31. The summed E-state index contributed by atoms with van der Waals surface area (Å²) in [6.07, 6.45) is 1.41. The van der Waals surface area contributed by atoms with Gasteiger partial charge in [0.1, 0.15) is 24.1 Å². The Morgan fingerprint density at radius 2 is 1.70 bits per heavy atom. The van der Waals surface area contributed by atoms with Crippen LogP contribution < -0.4 is 19.1 Å².